The Bertz CT molecular complexity index is 222. The van der Waals surface area contributed by atoms with E-state index in [-0.39, 0.29) is 0 Å². The molecule has 0 bridgehead atoms. The van der Waals surface area contributed by atoms with Gasteiger partial charge in [-0.05, 0) is 0 Å². The number of nitrogens with zero attached hydrogens (tertiary/aromatic N) is 1. The summed E-state index contributed by atoms with van der Waals surface area (Å²) in [4.78, 5) is 14.0. The first-order valence-corrected chi connectivity index (χ1v) is 4.07. The number of amides is 1. The molecule has 1 amide bonds. The van der Waals surface area contributed by atoms with Crippen molar-refractivity contribution in [1.29, 1.82) is 0 Å². The molecule has 0 radical (unpaired) electrons. The smallest absolute Gasteiger partial charge is 0.404 e. The third-order valence-electron chi connectivity index (χ3n) is 1.14. The van der Waals surface area contributed by atoms with E-state index in [2.05, 4.69) is 10.3 Å². The number of carboxylic acid groups (broad SMARTS) is 1. The van der Waals surface area contributed by atoms with Crippen molar-refractivity contribution >= 4 is 17.4 Å². The second-order valence-corrected chi connectivity index (χ2v) is 2.68. The molecule has 0 fully saturated rings. The number of nitrogens with one attached hydrogen (secondary N) is 1. The van der Waals surface area contributed by atoms with Crippen LogP contribution in [0.1, 0.15) is 5.69 Å². The van der Waals surface area contributed by atoms with Crippen LogP contribution in [0.25, 0.3) is 0 Å². The van der Waals surface area contributed by atoms with E-state index >= 15 is 0 Å². The zero-order valence-corrected chi connectivity index (χ0v) is 6.60. The maximum atomic E-state index is 10.00. The summed E-state index contributed by atoms with van der Waals surface area (Å²) in [5.74, 6) is 0. The lowest BCUT2D eigenvalue weighted by Crippen LogP contribution is -2.23. The largest absolute Gasteiger partial charge is 0.465 e. The van der Waals surface area contributed by atoms with E-state index in [4.69, 9.17) is 5.11 Å². The molecule has 0 aliphatic carbocycles. The van der Waals surface area contributed by atoms with Gasteiger partial charge in [-0.15, -0.1) is 11.3 Å². The van der Waals surface area contributed by atoms with Gasteiger partial charge in [0.2, 0.25) is 0 Å². The standard InChI is InChI=1S/C6H8N2O2S/c9-6(10)7-2-1-5-3-11-4-8-5/h3-4,7H,1-2H2,(H,9,10). The number of hydrogen-bond donors (Lipinski definition) is 2. The fraction of sp³-hybridized carbons (Fsp3) is 0.333. The van der Waals surface area contributed by atoms with E-state index < -0.39 is 6.09 Å². The van der Waals surface area contributed by atoms with Crippen molar-refractivity contribution in [2.45, 2.75) is 6.42 Å². The van der Waals surface area contributed by atoms with Crippen LogP contribution >= 0.6 is 11.3 Å². The molecular weight excluding hydrogens is 164 g/mol. The van der Waals surface area contributed by atoms with E-state index in [0.29, 0.717) is 13.0 Å². The molecule has 0 aliphatic heterocycles. The Balaban J connectivity index is 2.19. The molecule has 0 atom stereocenters. The zero-order valence-electron chi connectivity index (χ0n) is 5.78. The molecule has 11 heavy (non-hydrogen) atoms. The summed E-state index contributed by atoms with van der Waals surface area (Å²) in [5, 5.41) is 12.4. The van der Waals surface area contributed by atoms with E-state index in [9.17, 15) is 4.79 Å². The molecule has 1 rings (SSSR count). The van der Waals surface area contributed by atoms with Gasteiger partial charge >= 0.3 is 6.09 Å². The lowest BCUT2D eigenvalue weighted by Gasteiger charge is -1.96. The fourth-order valence-corrected chi connectivity index (χ4v) is 1.25. The lowest BCUT2D eigenvalue weighted by atomic mass is 10.3. The number of aromatic nitrogens is 1. The van der Waals surface area contributed by atoms with Crippen molar-refractivity contribution in [3.63, 3.8) is 0 Å². The van der Waals surface area contributed by atoms with Gasteiger partial charge in [0.15, 0.2) is 0 Å². The first-order valence-electron chi connectivity index (χ1n) is 3.13. The van der Waals surface area contributed by atoms with Gasteiger partial charge in [-0.25, -0.2) is 9.78 Å². The highest BCUT2D eigenvalue weighted by molar-refractivity contribution is 7.07. The molecule has 0 aromatic carbocycles. The summed E-state index contributed by atoms with van der Waals surface area (Å²) in [7, 11) is 0. The maximum absolute atomic E-state index is 10.00. The van der Waals surface area contributed by atoms with Crippen LogP contribution in [0, 0.1) is 0 Å². The first kappa shape index (κ1) is 8.00. The van der Waals surface area contributed by atoms with Crippen molar-refractivity contribution in [3.05, 3.63) is 16.6 Å². The average Bonchev–Trinajstić information content (AvgIpc) is 2.39. The quantitative estimate of drug-likeness (QED) is 0.713. The minimum Gasteiger partial charge on any atom is -0.465 e. The highest BCUT2D eigenvalue weighted by atomic mass is 32.1. The van der Waals surface area contributed by atoms with Gasteiger partial charge in [0, 0.05) is 18.3 Å². The van der Waals surface area contributed by atoms with Gasteiger partial charge < -0.3 is 10.4 Å². The van der Waals surface area contributed by atoms with Crippen LogP contribution in [0.15, 0.2) is 10.9 Å². The highest BCUT2D eigenvalue weighted by Crippen LogP contribution is 2.00. The molecule has 1 aromatic heterocycles. The summed E-state index contributed by atoms with van der Waals surface area (Å²) in [6, 6.07) is 0. The summed E-state index contributed by atoms with van der Waals surface area (Å²) >= 11 is 1.51. The van der Waals surface area contributed by atoms with Gasteiger partial charge in [0.05, 0.1) is 11.2 Å². The van der Waals surface area contributed by atoms with Crippen LogP contribution in [-0.2, 0) is 6.42 Å². The van der Waals surface area contributed by atoms with Gasteiger partial charge in [-0.3, -0.25) is 0 Å². The summed E-state index contributed by atoms with van der Waals surface area (Å²) in [6.07, 6.45) is -0.323. The van der Waals surface area contributed by atoms with Crippen molar-refractivity contribution in [2.75, 3.05) is 6.54 Å². The predicted octanol–water partition coefficient (Wildman–Crippen LogP) is 0.953. The molecule has 0 saturated carbocycles. The summed E-state index contributed by atoms with van der Waals surface area (Å²) < 4.78 is 0. The first-order chi connectivity index (χ1) is 5.29. The van der Waals surface area contributed by atoms with Crippen molar-refractivity contribution in [3.8, 4) is 0 Å². The zero-order chi connectivity index (χ0) is 8.10. The molecule has 0 aliphatic rings. The number of thiazole rings is 1. The van der Waals surface area contributed by atoms with Crippen molar-refractivity contribution < 1.29 is 9.90 Å². The van der Waals surface area contributed by atoms with E-state index in [0.717, 1.165) is 5.69 Å². The van der Waals surface area contributed by atoms with E-state index in [1.165, 1.54) is 11.3 Å². The van der Waals surface area contributed by atoms with Crippen LogP contribution in [0.4, 0.5) is 4.79 Å². The van der Waals surface area contributed by atoms with Crippen molar-refractivity contribution in [2.24, 2.45) is 0 Å². The summed E-state index contributed by atoms with van der Waals surface area (Å²) in [6.45, 7) is 0.430. The minimum absolute atomic E-state index is 0.430. The van der Waals surface area contributed by atoms with E-state index in [1.807, 2.05) is 5.38 Å². The Morgan fingerprint density at radius 3 is 3.18 bits per heavy atom. The Morgan fingerprint density at radius 1 is 1.82 bits per heavy atom. The van der Waals surface area contributed by atoms with Crippen LogP contribution in [-0.4, -0.2) is 22.7 Å². The molecule has 1 heterocycles. The Hall–Kier alpha value is -1.10. The predicted molar refractivity (Wildman–Crippen MR) is 41.8 cm³/mol. The molecule has 0 unspecified atom stereocenters. The van der Waals surface area contributed by atoms with Gasteiger partial charge in [0.25, 0.3) is 0 Å². The van der Waals surface area contributed by atoms with Gasteiger partial charge in [-0.2, -0.15) is 0 Å². The van der Waals surface area contributed by atoms with Crippen molar-refractivity contribution in [1.82, 2.24) is 10.3 Å². The Kier molecular flexibility index (Phi) is 2.85. The Morgan fingerprint density at radius 2 is 2.64 bits per heavy atom. The van der Waals surface area contributed by atoms with E-state index in [1.54, 1.807) is 5.51 Å². The molecule has 0 saturated heterocycles. The molecule has 0 spiro atoms. The monoisotopic (exact) mass is 172 g/mol. The van der Waals surface area contributed by atoms with Crippen LogP contribution in [0.2, 0.25) is 0 Å². The second-order valence-electron chi connectivity index (χ2n) is 1.96. The second kappa shape index (κ2) is 3.92. The molecule has 5 heteroatoms. The number of hydrogen-bond acceptors (Lipinski definition) is 3. The van der Waals surface area contributed by atoms with Crippen LogP contribution in [0.5, 0.6) is 0 Å². The summed E-state index contributed by atoms with van der Waals surface area (Å²) in [5.41, 5.74) is 2.67. The molecule has 4 nitrogen and oxygen atoms in total. The normalized spacial score (nSPS) is 9.45. The third kappa shape index (κ3) is 2.99. The Labute approximate surface area is 67.9 Å². The lowest BCUT2D eigenvalue weighted by molar-refractivity contribution is 0.194. The fourth-order valence-electron chi connectivity index (χ4n) is 0.659. The maximum Gasteiger partial charge on any atom is 0.404 e. The topological polar surface area (TPSA) is 62.2 Å². The SMILES string of the molecule is O=C(O)NCCc1cscn1. The highest BCUT2D eigenvalue weighted by Gasteiger charge is 1.96. The van der Waals surface area contributed by atoms with Crippen LogP contribution in [0.3, 0.4) is 0 Å². The van der Waals surface area contributed by atoms with Gasteiger partial charge in [0.1, 0.15) is 0 Å². The number of rotatable bonds is 3. The average molecular weight is 172 g/mol. The third-order valence-corrected chi connectivity index (χ3v) is 1.78. The minimum atomic E-state index is -0.986. The molecule has 60 valence electrons. The molecule has 2 N–H and O–H groups in total. The van der Waals surface area contributed by atoms with Crippen LogP contribution < -0.4 is 5.32 Å². The molecular formula is C6H8N2O2S. The number of carbonyl (C=O) groups is 1. The molecule has 1 aromatic rings. The van der Waals surface area contributed by atoms with Gasteiger partial charge in [-0.1, -0.05) is 0 Å².